The Hall–Kier alpha value is -0.870. The van der Waals surface area contributed by atoms with Gasteiger partial charge < -0.3 is 10.0 Å². The highest BCUT2D eigenvalue weighted by molar-refractivity contribution is 6.30. The molecule has 0 spiro atoms. The molecule has 1 aromatic rings. The fourth-order valence-corrected chi connectivity index (χ4v) is 2.42. The Kier molecular flexibility index (Phi) is 3.54. The number of aliphatic hydroxyl groups is 1. The van der Waals surface area contributed by atoms with E-state index in [2.05, 4.69) is 21.8 Å². The molecule has 17 heavy (non-hydrogen) atoms. The Labute approximate surface area is 107 Å². The zero-order valence-corrected chi connectivity index (χ0v) is 11.2. The summed E-state index contributed by atoms with van der Waals surface area (Å²) in [5.74, 6) is 1.85. The minimum atomic E-state index is -0.204. The average Bonchev–Trinajstić information content (AvgIpc) is 2.27. The molecule has 0 aromatic carbocycles. The van der Waals surface area contributed by atoms with E-state index in [0.29, 0.717) is 11.0 Å². The highest BCUT2D eigenvalue weighted by atomic mass is 35.5. The number of nitrogens with zero attached hydrogens (tertiary/aromatic N) is 3. The average molecular weight is 256 g/mol. The van der Waals surface area contributed by atoms with Gasteiger partial charge in [0.1, 0.15) is 16.8 Å². The van der Waals surface area contributed by atoms with Crippen LogP contribution < -0.4 is 4.90 Å². The second-order valence-corrected chi connectivity index (χ2v) is 5.15. The molecular formula is C12H18ClN3O. The molecule has 0 bridgehead atoms. The van der Waals surface area contributed by atoms with Crippen LogP contribution in [0, 0.1) is 19.8 Å². The molecule has 94 valence electrons. The summed E-state index contributed by atoms with van der Waals surface area (Å²) in [5, 5.41) is 10.3. The summed E-state index contributed by atoms with van der Waals surface area (Å²) in [4.78, 5) is 10.8. The normalized spacial score (nSPS) is 25.1. The third-order valence-corrected chi connectivity index (χ3v) is 3.70. The van der Waals surface area contributed by atoms with Crippen molar-refractivity contribution in [1.82, 2.24) is 9.97 Å². The van der Waals surface area contributed by atoms with Crippen molar-refractivity contribution in [2.24, 2.45) is 5.92 Å². The lowest BCUT2D eigenvalue weighted by Gasteiger charge is -2.36. The highest BCUT2D eigenvalue weighted by Crippen LogP contribution is 2.27. The summed E-state index contributed by atoms with van der Waals surface area (Å²) in [6, 6.07) is 0. The van der Waals surface area contributed by atoms with Crippen LogP contribution in [-0.2, 0) is 0 Å². The van der Waals surface area contributed by atoms with Gasteiger partial charge in [0, 0.05) is 18.7 Å². The summed E-state index contributed by atoms with van der Waals surface area (Å²) in [6.07, 6.45) is 0.575. The summed E-state index contributed by atoms with van der Waals surface area (Å²) >= 11 is 6.08. The van der Waals surface area contributed by atoms with Gasteiger partial charge in [0.05, 0.1) is 6.10 Å². The lowest BCUT2D eigenvalue weighted by molar-refractivity contribution is 0.0968. The maximum absolute atomic E-state index is 9.74. The largest absolute Gasteiger partial charge is 0.393 e. The van der Waals surface area contributed by atoms with E-state index in [0.717, 1.165) is 30.9 Å². The van der Waals surface area contributed by atoms with E-state index in [1.165, 1.54) is 0 Å². The van der Waals surface area contributed by atoms with Crippen molar-refractivity contribution in [3.05, 3.63) is 16.5 Å². The maximum atomic E-state index is 9.74. The molecule has 1 saturated heterocycles. The molecule has 2 atom stereocenters. The second kappa shape index (κ2) is 4.78. The van der Waals surface area contributed by atoms with Crippen molar-refractivity contribution in [3.63, 3.8) is 0 Å². The van der Waals surface area contributed by atoms with E-state index < -0.39 is 0 Å². The van der Waals surface area contributed by atoms with E-state index >= 15 is 0 Å². The van der Waals surface area contributed by atoms with Crippen LogP contribution in [0.1, 0.15) is 24.7 Å². The minimum Gasteiger partial charge on any atom is -0.393 e. The topological polar surface area (TPSA) is 49.2 Å². The summed E-state index contributed by atoms with van der Waals surface area (Å²) in [7, 11) is 0. The molecule has 0 saturated carbocycles. The number of aliphatic hydroxyl groups excluding tert-OH is 1. The van der Waals surface area contributed by atoms with Gasteiger partial charge in [-0.1, -0.05) is 18.5 Å². The number of anilines is 1. The summed E-state index contributed by atoms with van der Waals surface area (Å²) in [6.45, 7) is 7.47. The van der Waals surface area contributed by atoms with Gasteiger partial charge in [-0.2, -0.15) is 0 Å². The predicted molar refractivity (Wildman–Crippen MR) is 68.5 cm³/mol. The Morgan fingerprint density at radius 1 is 1.35 bits per heavy atom. The van der Waals surface area contributed by atoms with E-state index in [1.807, 2.05) is 13.8 Å². The van der Waals surface area contributed by atoms with Gasteiger partial charge in [0.15, 0.2) is 0 Å². The molecule has 2 heterocycles. The molecule has 1 aliphatic rings. The Balaban J connectivity index is 2.28. The van der Waals surface area contributed by atoms with Crippen LogP contribution in [0.25, 0.3) is 0 Å². The standard InChI is InChI=1S/C12H18ClN3O/c1-7-6-16(5-4-10(7)17)12-8(2)11(13)14-9(3)15-12/h7,10,17H,4-6H2,1-3H3. The first-order valence-corrected chi connectivity index (χ1v) is 6.30. The van der Waals surface area contributed by atoms with Crippen molar-refractivity contribution in [2.45, 2.75) is 33.3 Å². The van der Waals surface area contributed by atoms with Gasteiger partial charge in [0.25, 0.3) is 0 Å². The van der Waals surface area contributed by atoms with Gasteiger partial charge in [-0.05, 0) is 26.2 Å². The van der Waals surface area contributed by atoms with Crippen molar-refractivity contribution in [2.75, 3.05) is 18.0 Å². The first kappa shape index (κ1) is 12.6. The fraction of sp³-hybridized carbons (Fsp3) is 0.667. The smallest absolute Gasteiger partial charge is 0.137 e. The quantitative estimate of drug-likeness (QED) is 0.780. The van der Waals surface area contributed by atoms with Crippen molar-refractivity contribution in [1.29, 1.82) is 0 Å². The maximum Gasteiger partial charge on any atom is 0.137 e. The molecule has 5 heteroatoms. The van der Waals surface area contributed by atoms with Crippen LogP contribution >= 0.6 is 11.6 Å². The van der Waals surface area contributed by atoms with E-state index in [9.17, 15) is 5.11 Å². The van der Waals surface area contributed by atoms with E-state index in [1.54, 1.807) is 0 Å². The third-order valence-electron chi connectivity index (χ3n) is 3.33. The van der Waals surface area contributed by atoms with Crippen LogP contribution in [-0.4, -0.2) is 34.3 Å². The zero-order valence-electron chi connectivity index (χ0n) is 10.4. The molecule has 0 aliphatic carbocycles. The number of hydrogen-bond acceptors (Lipinski definition) is 4. The van der Waals surface area contributed by atoms with Crippen molar-refractivity contribution in [3.8, 4) is 0 Å². The number of hydrogen-bond donors (Lipinski definition) is 1. The number of halogens is 1. The molecule has 1 fully saturated rings. The highest BCUT2D eigenvalue weighted by Gasteiger charge is 2.26. The number of rotatable bonds is 1. The van der Waals surface area contributed by atoms with Gasteiger partial charge >= 0.3 is 0 Å². The summed E-state index contributed by atoms with van der Waals surface area (Å²) in [5.41, 5.74) is 0.917. The van der Waals surface area contributed by atoms with Crippen LogP contribution in [0.15, 0.2) is 0 Å². The van der Waals surface area contributed by atoms with Crippen LogP contribution in [0.4, 0.5) is 5.82 Å². The van der Waals surface area contributed by atoms with E-state index in [-0.39, 0.29) is 12.0 Å². The Morgan fingerprint density at radius 3 is 2.71 bits per heavy atom. The Bertz CT molecular complexity index is 424. The van der Waals surface area contributed by atoms with Gasteiger partial charge in [0.2, 0.25) is 0 Å². The number of aryl methyl sites for hydroxylation is 1. The van der Waals surface area contributed by atoms with Crippen molar-refractivity contribution < 1.29 is 5.11 Å². The first-order chi connectivity index (χ1) is 7.99. The van der Waals surface area contributed by atoms with Gasteiger partial charge in [-0.15, -0.1) is 0 Å². The number of piperidine rings is 1. The lowest BCUT2D eigenvalue weighted by atomic mass is 9.96. The SMILES string of the molecule is Cc1nc(Cl)c(C)c(N2CCC(O)C(C)C2)n1. The fourth-order valence-electron chi connectivity index (χ4n) is 2.21. The van der Waals surface area contributed by atoms with Crippen LogP contribution in [0.3, 0.4) is 0 Å². The first-order valence-electron chi connectivity index (χ1n) is 5.92. The van der Waals surface area contributed by atoms with Crippen LogP contribution in [0.5, 0.6) is 0 Å². The molecule has 0 amide bonds. The second-order valence-electron chi connectivity index (χ2n) is 4.79. The molecule has 1 aromatic heterocycles. The monoisotopic (exact) mass is 255 g/mol. The molecular weight excluding hydrogens is 238 g/mol. The molecule has 2 rings (SSSR count). The van der Waals surface area contributed by atoms with Gasteiger partial charge in [-0.3, -0.25) is 0 Å². The number of aromatic nitrogens is 2. The lowest BCUT2D eigenvalue weighted by Crippen LogP contribution is -2.42. The molecule has 1 aliphatic heterocycles. The summed E-state index contributed by atoms with van der Waals surface area (Å²) < 4.78 is 0. The van der Waals surface area contributed by atoms with Crippen molar-refractivity contribution >= 4 is 17.4 Å². The molecule has 0 radical (unpaired) electrons. The molecule has 1 N–H and O–H groups in total. The van der Waals surface area contributed by atoms with E-state index in [4.69, 9.17) is 11.6 Å². The molecule has 4 nitrogen and oxygen atoms in total. The predicted octanol–water partition coefficient (Wildman–Crippen LogP) is 1.95. The van der Waals surface area contributed by atoms with Crippen LogP contribution in [0.2, 0.25) is 5.15 Å². The van der Waals surface area contributed by atoms with Gasteiger partial charge in [-0.25, -0.2) is 9.97 Å². The Morgan fingerprint density at radius 2 is 2.06 bits per heavy atom. The molecule has 2 unspecified atom stereocenters. The minimum absolute atomic E-state index is 0.204. The zero-order chi connectivity index (χ0) is 12.6. The third kappa shape index (κ3) is 2.53.